The summed E-state index contributed by atoms with van der Waals surface area (Å²) in [6.45, 7) is 22.1. The molecule has 4 aliphatic rings. The summed E-state index contributed by atoms with van der Waals surface area (Å²) in [4.78, 5) is 0. The fraction of sp³-hybridized carbons (Fsp3) is 0.969. The zero-order valence-electron chi connectivity index (χ0n) is 25.0. The Hall–Kier alpha value is -0.313. The van der Waals surface area contributed by atoms with Crippen LogP contribution in [-0.2, 0) is 4.53 Å². The Labute approximate surface area is 219 Å². The van der Waals surface area contributed by atoms with Crippen LogP contribution in [0.3, 0.4) is 0 Å². The first-order chi connectivity index (χ1) is 16.4. The van der Waals surface area contributed by atoms with E-state index in [9.17, 15) is 0 Å². The first kappa shape index (κ1) is 27.7. The Morgan fingerprint density at radius 1 is 0.914 bits per heavy atom. The molecule has 202 valence electrons. The third kappa shape index (κ3) is 5.46. The van der Waals surface area contributed by atoms with Crippen LogP contribution >= 0.6 is 0 Å². The summed E-state index contributed by atoms with van der Waals surface area (Å²) in [5.41, 5.74) is 2.52. The molecule has 0 amide bonds. The molecule has 0 radical (unpaired) electrons. The predicted octanol–water partition coefficient (Wildman–Crippen LogP) is 9.95. The summed E-state index contributed by atoms with van der Waals surface area (Å²) in [7, 11) is -1.58. The van der Waals surface area contributed by atoms with Crippen molar-refractivity contribution in [3.63, 3.8) is 0 Å². The molecule has 3 heteroatoms. The summed E-state index contributed by atoms with van der Waals surface area (Å²) in [6.07, 6.45) is 16.9. The maximum atomic E-state index is 5.97. The number of hydrogen-bond acceptors (Lipinski definition) is 2. The molecule has 0 spiro atoms. The molecular formula is C32H59NOSi. The van der Waals surface area contributed by atoms with Gasteiger partial charge in [-0.25, -0.2) is 0 Å². The largest absolute Gasteiger partial charge is 0.456 e. The van der Waals surface area contributed by atoms with Crippen LogP contribution in [-0.4, -0.2) is 14.0 Å². The average molecular weight is 502 g/mol. The van der Waals surface area contributed by atoms with Gasteiger partial charge in [0.05, 0.1) is 5.71 Å². The second-order valence-corrected chi connectivity index (χ2v) is 19.8. The minimum absolute atomic E-state index is 0.539. The van der Waals surface area contributed by atoms with Crippen molar-refractivity contribution in [2.75, 3.05) is 0 Å². The fourth-order valence-electron chi connectivity index (χ4n) is 10.0. The number of rotatable bonds is 8. The Morgan fingerprint density at radius 2 is 1.63 bits per heavy atom. The van der Waals surface area contributed by atoms with Gasteiger partial charge < -0.3 is 4.53 Å². The molecule has 0 heterocycles. The minimum atomic E-state index is -1.58. The van der Waals surface area contributed by atoms with E-state index in [1.165, 1.54) is 82.8 Å². The van der Waals surface area contributed by atoms with Gasteiger partial charge in [0.15, 0.2) is 0 Å². The lowest BCUT2D eigenvalue weighted by molar-refractivity contribution is -0.105. The van der Waals surface area contributed by atoms with Gasteiger partial charge in [-0.05, 0) is 142 Å². The van der Waals surface area contributed by atoms with Crippen molar-refractivity contribution in [2.45, 2.75) is 138 Å². The van der Waals surface area contributed by atoms with Gasteiger partial charge in [-0.2, -0.15) is 0 Å². The summed E-state index contributed by atoms with van der Waals surface area (Å²) in [6, 6.07) is 0. The van der Waals surface area contributed by atoms with Crippen molar-refractivity contribution in [2.24, 2.45) is 63.3 Å². The standard InChI is InChI=1S/C32H59NOSi/c1-10-24(22(2)3)12-11-23(4)28-15-16-29-27-14-13-25-21-26(33-34-35(7,8)9)17-19-31(25,5)30(27)18-20-32(28,29)6/h22-25,27-30H,10-21H2,1-9H3/t23?,24?,25-,27?,28?,29?,30?,31?,32?/m1/s1. The van der Waals surface area contributed by atoms with Gasteiger partial charge in [0.1, 0.15) is 0 Å². The molecule has 4 aliphatic carbocycles. The molecule has 4 fully saturated rings. The smallest absolute Gasteiger partial charge is 0.278 e. The van der Waals surface area contributed by atoms with Crippen LogP contribution in [0.15, 0.2) is 5.16 Å². The van der Waals surface area contributed by atoms with Crippen molar-refractivity contribution < 1.29 is 4.53 Å². The van der Waals surface area contributed by atoms with E-state index in [1.807, 2.05) is 0 Å². The highest BCUT2D eigenvalue weighted by Crippen LogP contribution is 2.68. The highest BCUT2D eigenvalue weighted by molar-refractivity contribution is 6.69. The van der Waals surface area contributed by atoms with E-state index >= 15 is 0 Å². The molecule has 8 unspecified atom stereocenters. The molecule has 0 aromatic rings. The summed E-state index contributed by atoms with van der Waals surface area (Å²) >= 11 is 0. The third-order valence-electron chi connectivity index (χ3n) is 12.2. The molecule has 4 saturated carbocycles. The maximum absolute atomic E-state index is 5.97. The topological polar surface area (TPSA) is 21.6 Å². The Bertz CT molecular complexity index is 755. The highest BCUT2D eigenvalue weighted by Gasteiger charge is 2.60. The summed E-state index contributed by atoms with van der Waals surface area (Å²) in [5.74, 6) is 7.40. The van der Waals surface area contributed by atoms with Crippen LogP contribution in [0, 0.1) is 58.2 Å². The lowest BCUT2D eigenvalue weighted by Gasteiger charge is -2.60. The van der Waals surface area contributed by atoms with Gasteiger partial charge in [0.2, 0.25) is 0 Å². The Morgan fingerprint density at radius 3 is 2.29 bits per heavy atom. The molecule has 0 aromatic heterocycles. The number of fused-ring (bicyclic) bond motifs is 5. The molecule has 0 bridgehead atoms. The van der Waals surface area contributed by atoms with E-state index in [1.54, 1.807) is 0 Å². The summed E-state index contributed by atoms with van der Waals surface area (Å²) in [5, 5.41) is 4.70. The van der Waals surface area contributed by atoms with E-state index in [2.05, 4.69) is 61.2 Å². The van der Waals surface area contributed by atoms with Gasteiger partial charge in [0.25, 0.3) is 8.32 Å². The third-order valence-corrected chi connectivity index (χ3v) is 12.8. The fourth-order valence-corrected chi connectivity index (χ4v) is 10.4. The van der Waals surface area contributed by atoms with Crippen LogP contribution in [0.1, 0.15) is 119 Å². The highest BCUT2D eigenvalue weighted by atomic mass is 28.4. The lowest BCUT2D eigenvalue weighted by atomic mass is 9.44. The van der Waals surface area contributed by atoms with Gasteiger partial charge >= 0.3 is 0 Å². The van der Waals surface area contributed by atoms with Crippen molar-refractivity contribution in [3.8, 4) is 0 Å². The number of oxime groups is 1. The van der Waals surface area contributed by atoms with Crippen molar-refractivity contribution in [3.05, 3.63) is 0 Å². The Kier molecular flexibility index (Phi) is 8.27. The van der Waals surface area contributed by atoms with Crippen LogP contribution in [0.25, 0.3) is 0 Å². The molecule has 0 aliphatic heterocycles. The molecule has 35 heavy (non-hydrogen) atoms. The van der Waals surface area contributed by atoms with Crippen LogP contribution in [0.2, 0.25) is 19.6 Å². The lowest BCUT2D eigenvalue weighted by Crippen LogP contribution is -2.53. The van der Waals surface area contributed by atoms with Crippen molar-refractivity contribution >= 4 is 14.0 Å². The first-order valence-corrected chi connectivity index (χ1v) is 19.0. The molecule has 0 N–H and O–H groups in total. The van der Waals surface area contributed by atoms with Gasteiger partial charge in [0, 0.05) is 0 Å². The van der Waals surface area contributed by atoms with E-state index < -0.39 is 8.32 Å². The van der Waals surface area contributed by atoms with E-state index in [0.717, 1.165) is 47.3 Å². The maximum Gasteiger partial charge on any atom is 0.278 e. The van der Waals surface area contributed by atoms with E-state index in [0.29, 0.717) is 10.8 Å². The molecule has 0 saturated heterocycles. The van der Waals surface area contributed by atoms with Gasteiger partial charge in [-0.15, -0.1) is 5.16 Å². The number of hydrogen-bond donors (Lipinski definition) is 0. The van der Waals surface area contributed by atoms with Crippen molar-refractivity contribution in [1.29, 1.82) is 0 Å². The van der Waals surface area contributed by atoms with Crippen molar-refractivity contribution in [1.82, 2.24) is 0 Å². The predicted molar refractivity (Wildman–Crippen MR) is 154 cm³/mol. The van der Waals surface area contributed by atoms with E-state index in [-0.39, 0.29) is 0 Å². The van der Waals surface area contributed by atoms with Crippen LogP contribution in [0.5, 0.6) is 0 Å². The van der Waals surface area contributed by atoms with E-state index in [4.69, 9.17) is 9.68 Å². The first-order valence-electron chi connectivity index (χ1n) is 15.6. The minimum Gasteiger partial charge on any atom is -0.456 e. The second kappa shape index (κ2) is 10.5. The number of nitrogens with zero attached hydrogens (tertiary/aromatic N) is 1. The monoisotopic (exact) mass is 501 g/mol. The quantitative estimate of drug-likeness (QED) is 0.239. The van der Waals surface area contributed by atoms with Gasteiger partial charge in [-0.3, -0.25) is 0 Å². The molecule has 4 rings (SSSR count). The average Bonchev–Trinajstić information content (AvgIpc) is 3.14. The zero-order valence-corrected chi connectivity index (χ0v) is 26.0. The molecule has 9 atom stereocenters. The van der Waals surface area contributed by atoms with Crippen LogP contribution in [0.4, 0.5) is 0 Å². The molecule has 2 nitrogen and oxygen atoms in total. The summed E-state index contributed by atoms with van der Waals surface area (Å²) < 4.78 is 5.97. The van der Waals surface area contributed by atoms with Gasteiger partial charge in [-0.1, -0.05) is 54.4 Å². The SMILES string of the molecule is CCC(CCC(C)C1CCC2C3CC[C@@H]4CC(=NO[Si](C)(C)C)CCC4(C)C3CCC12C)C(C)C. The zero-order chi connectivity index (χ0) is 25.6. The second-order valence-electron chi connectivity index (χ2n) is 15.4. The molecular weight excluding hydrogens is 442 g/mol. The molecule has 0 aromatic carbocycles. The van der Waals surface area contributed by atoms with Crippen LogP contribution < -0.4 is 0 Å². The Balaban J connectivity index is 1.42. The normalized spacial score (nSPS) is 42.3.